The molecule has 4 nitrogen and oxygen atoms in total. The predicted octanol–water partition coefficient (Wildman–Crippen LogP) is 3.52. The van der Waals surface area contributed by atoms with E-state index in [0.717, 1.165) is 28.0 Å². The van der Waals surface area contributed by atoms with Crippen LogP contribution in [-0.4, -0.2) is 14.5 Å². The zero-order valence-electron chi connectivity index (χ0n) is 11.0. The number of fused-ring (bicyclic) bond motifs is 1. The Morgan fingerprint density at radius 3 is 2.70 bits per heavy atom. The molecule has 2 N–H and O–H groups in total. The number of halogens is 2. The number of nitrogens with two attached hydrogens (primary N) is 1. The number of anilines is 1. The molecule has 1 aromatic carbocycles. The minimum Gasteiger partial charge on any atom is -0.383 e. The van der Waals surface area contributed by atoms with Gasteiger partial charge in [-0.2, -0.15) is 0 Å². The Hall–Kier alpha value is -1.95. The van der Waals surface area contributed by atoms with Crippen LogP contribution in [0.5, 0.6) is 0 Å². The zero-order valence-corrected chi connectivity index (χ0v) is 12.6. The Balaban J connectivity index is 2.39. The van der Waals surface area contributed by atoms with Crippen molar-refractivity contribution in [1.82, 2.24) is 14.5 Å². The maximum absolute atomic E-state index is 13.4. The number of aryl methyl sites for hydroxylation is 1. The van der Waals surface area contributed by atoms with E-state index in [9.17, 15) is 4.39 Å². The topological polar surface area (TPSA) is 56.7 Å². The number of nitrogen functional groups attached to an aromatic ring is 1. The summed E-state index contributed by atoms with van der Waals surface area (Å²) in [4.78, 5) is 8.35. The molecule has 0 spiro atoms. The third kappa shape index (κ3) is 1.79. The summed E-state index contributed by atoms with van der Waals surface area (Å²) in [6, 6.07) is 4.86. The molecule has 0 amide bonds. The fourth-order valence-corrected chi connectivity index (χ4v) is 2.73. The van der Waals surface area contributed by atoms with Gasteiger partial charge in [0.25, 0.3) is 0 Å². The first-order valence-corrected chi connectivity index (χ1v) is 6.83. The molecule has 0 saturated heterocycles. The van der Waals surface area contributed by atoms with Gasteiger partial charge in [-0.15, -0.1) is 0 Å². The minimum absolute atomic E-state index is 0.297. The number of aromatic nitrogens is 3. The van der Waals surface area contributed by atoms with Crippen molar-refractivity contribution in [3.05, 3.63) is 46.1 Å². The highest BCUT2D eigenvalue weighted by molar-refractivity contribution is 9.10. The molecular formula is C14H12BrFN4. The van der Waals surface area contributed by atoms with Gasteiger partial charge in [-0.25, -0.2) is 14.4 Å². The van der Waals surface area contributed by atoms with Crippen LogP contribution in [0, 0.1) is 19.7 Å². The van der Waals surface area contributed by atoms with Crippen molar-refractivity contribution in [2.45, 2.75) is 13.8 Å². The summed E-state index contributed by atoms with van der Waals surface area (Å²) in [5, 5.41) is 0.838. The lowest BCUT2D eigenvalue weighted by molar-refractivity contribution is 0.620. The van der Waals surface area contributed by atoms with Gasteiger partial charge in [-0.05, 0) is 53.5 Å². The van der Waals surface area contributed by atoms with Crippen molar-refractivity contribution in [3.63, 3.8) is 0 Å². The normalized spacial score (nSPS) is 11.2. The lowest BCUT2D eigenvalue weighted by atomic mass is 10.2. The molecule has 2 aromatic heterocycles. The molecule has 3 aromatic rings. The van der Waals surface area contributed by atoms with E-state index in [4.69, 9.17) is 5.73 Å². The monoisotopic (exact) mass is 334 g/mol. The summed E-state index contributed by atoms with van der Waals surface area (Å²) in [6.45, 7) is 3.96. The van der Waals surface area contributed by atoms with Crippen molar-refractivity contribution in [3.8, 4) is 5.69 Å². The SMILES string of the molecule is Cc1c(C)n(-c2ccc(F)c(Br)c2)c2ncnc(N)c12. The van der Waals surface area contributed by atoms with Crippen LogP contribution in [0.3, 0.4) is 0 Å². The smallest absolute Gasteiger partial charge is 0.150 e. The van der Waals surface area contributed by atoms with Crippen LogP contribution in [0.25, 0.3) is 16.7 Å². The molecule has 0 unspecified atom stereocenters. The quantitative estimate of drug-likeness (QED) is 0.740. The second-order valence-electron chi connectivity index (χ2n) is 4.60. The van der Waals surface area contributed by atoms with Crippen LogP contribution < -0.4 is 5.73 Å². The molecule has 3 rings (SSSR count). The summed E-state index contributed by atoms with van der Waals surface area (Å²) in [6.07, 6.45) is 1.44. The van der Waals surface area contributed by atoms with Crippen molar-refractivity contribution < 1.29 is 4.39 Å². The molecule has 2 heterocycles. The molecule has 20 heavy (non-hydrogen) atoms. The van der Waals surface area contributed by atoms with Gasteiger partial charge in [0, 0.05) is 11.4 Å². The highest BCUT2D eigenvalue weighted by atomic mass is 79.9. The van der Waals surface area contributed by atoms with Crippen LogP contribution in [0.1, 0.15) is 11.3 Å². The molecule has 102 valence electrons. The van der Waals surface area contributed by atoms with Gasteiger partial charge in [0.05, 0.1) is 9.86 Å². The van der Waals surface area contributed by atoms with Gasteiger partial charge in [0.15, 0.2) is 5.65 Å². The average Bonchev–Trinajstić information content (AvgIpc) is 2.67. The summed E-state index contributed by atoms with van der Waals surface area (Å²) < 4.78 is 15.8. The molecule has 0 aliphatic carbocycles. The lowest BCUT2D eigenvalue weighted by Crippen LogP contribution is -1.99. The Morgan fingerprint density at radius 2 is 2.00 bits per heavy atom. The van der Waals surface area contributed by atoms with E-state index in [1.165, 1.54) is 12.4 Å². The van der Waals surface area contributed by atoms with Crippen LogP contribution in [0.4, 0.5) is 10.2 Å². The van der Waals surface area contributed by atoms with Gasteiger partial charge in [-0.3, -0.25) is 4.57 Å². The van der Waals surface area contributed by atoms with Gasteiger partial charge in [-0.1, -0.05) is 0 Å². The second kappa shape index (κ2) is 4.56. The van der Waals surface area contributed by atoms with E-state index >= 15 is 0 Å². The summed E-state index contributed by atoms with van der Waals surface area (Å²) in [7, 11) is 0. The van der Waals surface area contributed by atoms with Gasteiger partial charge in [0.1, 0.15) is 18.0 Å². The van der Waals surface area contributed by atoms with E-state index in [-0.39, 0.29) is 5.82 Å². The maximum Gasteiger partial charge on any atom is 0.150 e. The number of benzene rings is 1. The number of hydrogen-bond acceptors (Lipinski definition) is 3. The largest absolute Gasteiger partial charge is 0.383 e. The Kier molecular flexibility index (Phi) is 2.97. The van der Waals surface area contributed by atoms with Crippen molar-refractivity contribution in [2.75, 3.05) is 5.73 Å². The summed E-state index contributed by atoms with van der Waals surface area (Å²) in [5.41, 5.74) is 9.52. The van der Waals surface area contributed by atoms with Gasteiger partial charge >= 0.3 is 0 Å². The Labute approximate surface area is 123 Å². The first-order chi connectivity index (χ1) is 9.50. The van der Waals surface area contributed by atoms with Gasteiger partial charge in [0.2, 0.25) is 0 Å². The maximum atomic E-state index is 13.4. The third-order valence-corrected chi connectivity index (χ3v) is 4.09. The average molecular weight is 335 g/mol. The number of rotatable bonds is 1. The fourth-order valence-electron chi connectivity index (χ4n) is 2.37. The number of hydrogen-bond donors (Lipinski definition) is 1. The summed E-state index contributed by atoms with van der Waals surface area (Å²) in [5.74, 6) is 0.157. The molecular weight excluding hydrogens is 323 g/mol. The van der Waals surface area contributed by atoms with E-state index in [1.807, 2.05) is 18.4 Å². The van der Waals surface area contributed by atoms with Crippen molar-refractivity contribution in [1.29, 1.82) is 0 Å². The lowest BCUT2D eigenvalue weighted by Gasteiger charge is -2.08. The standard InChI is InChI=1S/C14H12BrFN4/c1-7-8(2)20(9-3-4-11(16)10(15)5-9)14-12(7)13(17)18-6-19-14/h3-6H,1-2H3,(H2,17,18,19). The highest BCUT2D eigenvalue weighted by Crippen LogP contribution is 2.31. The molecule has 0 aliphatic heterocycles. The Bertz CT molecular complexity index is 826. The van der Waals surface area contributed by atoms with Crippen LogP contribution in [0.2, 0.25) is 0 Å². The first kappa shape index (κ1) is 13.1. The molecule has 6 heteroatoms. The Morgan fingerprint density at radius 1 is 1.25 bits per heavy atom. The van der Waals surface area contributed by atoms with Gasteiger partial charge < -0.3 is 5.73 Å². The number of nitrogens with zero attached hydrogens (tertiary/aromatic N) is 3. The van der Waals surface area contributed by atoms with E-state index < -0.39 is 0 Å². The van der Waals surface area contributed by atoms with Crippen molar-refractivity contribution in [2.24, 2.45) is 0 Å². The molecule has 0 fully saturated rings. The third-order valence-electron chi connectivity index (χ3n) is 3.48. The predicted molar refractivity (Wildman–Crippen MR) is 80.4 cm³/mol. The molecule has 0 saturated carbocycles. The molecule has 0 aliphatic rings. The minimum atomic E-state index is -0.297. The van der Waals surface area contributed by atoms with Crippen molar-refractivity contribution >= 4 is 32.8 Å². The van der Waals surface area contributed by atoms with Crippen LogP contribution in [0.15, 0.2) is 29.0 Å². The van der Waals surface area contributed by atoms with E-state index in [1.54, 1.807) is 12.1 Å². The summed E-state index contributed by atoms with van der Waals surface area (Å²) >= 11 is 3.21. The second-order valence-corrected chi connectivity index (χ2v) is 5.46. The first-order valence-electron chi connectivity index (χ1n) is 6.04. The highest BCUT2D eigenvalue weighted by Gasteiger charge is 2.16. The molecule has 0 radical (unpaired) electrons. The van der Waals surface area contributed by atoms with Crippen LogP contribution in [-0.2, 0) is 0 Å². The molecule has 0 atom stereocenters. The van der Waals surface area contributed by atoms with Crippen LogP contribution >= 0.6 is 15.9 Å². The zero-order chi connectivity index (χ0) is 14.4. The fraction of sp³-hybridized carbons (Fsp3) is 0.143. The van der Waals surface area contributed by atoms with E-state index in [0.29, 0.717) is 10.3 Å². The van der Waals surface area contributed by atoms with E-state index in [2.05, 4.69) is 25.9 Å². The molecule has 0 bridgehead atoms.